The third kappa shape index (κ3) is 3.47. The molecule has 1 aliphatic heterocycles. The number of anilines is 2. The van der Waals surface area contributed by atoms with Crippen molar-refractivity contribution in [3.8, 4) is 0 Å². The summed E-state index contributed by atoms with van der Waals surface area (Å²) < 4.78 is 0. The van der Waals surface area contributed by atoms with Crippen LogP contribution in [0.5, 0.6) is 0 Å². The van der Waals surface area contributed by atoms with Gasteiger partial charge in [-0.15, -0.1) is 0 Å². The van der Waals surface area contributed by atoms with E-state index < -0.39 is 0 Å². The summed E-state index contributed by atoms with van der Waals surface area (Å²) in [6.07, 6.45) is 3.90. The molecule has 0 amide bonds. The van der Waals surface area contributed by atoms with Crippen molar-refractivity contribution in [1.29, 1.82) is 0 Å². The van der Waals surface area contributed by atoms with Crippen LogP contribution in [0.2, 0.25) is 15.3 Å². The first-order valence-corrected chi connectivity index (χ1v) is 9.07. The van der Waals surface area contributed by atoms with Gasteiger partial charge in [-0.3, -0.25) is 5.10 Å². The molecule has 0 saturated carbocycles. The largest absolute Gasteiger partial charge is 0.381 e. The molecule has 1 aromatic carbocycles. The zero-order valence-corrected chi connectivity index (χ0v) is 15.4. The molecule has 1 aliphatic rings. The van der Waals surface area contributed by atoms with Gasteiger partial charge in [-0.2, -0.15) is 15.1 Å². The van der Waals surface area contributed by atoms with E-state index in [2.05, 4.69) is 36.4 Å². The van der Waals surface area contributed by atoms with Crippen LogP contribution < -0.4 is 10.2 Å². The van der Waals surface area contributed by atoms with E-state index in [9.17, 15) is 0 Å². The number of aromatic nitrogens is 4. The van der Waals surface area contributed by atoms with Crippen molar-refractivity contribution in [2.24, 2.45) is 0 Å². The van der Waals surface area contributed by atoms with E-state index in [-0.39, 0.29) is 21.4 Å². The van der Waals surface area contributed by atoms with Gasteiger partial charge in [0.25, 0.3) is 0 Å². The Balaban J connectivity index is 1.50. The van der Waals surface area contributed by atoms with E-state index in [0.29, 0.717) is 5.95 Å². The van der Waals surface area contributed by atoms with Crippen LogP contribution in [0.25, 0.3) is 10.9 Å². The Morgan fingerprint density at radius 1 is 1.16 bits per heavy atom. The van der Waals surface area contributed by atoms with E-state index in [1.807, 2.05) is 18.3 Å². The Labute approximate surface area is 159 Å². The number of piperidine rings is 1. The lowest BCUT2D eigenvalue weighted by atomic mass is 10.1. The number of nitrogens with one attached hydrogen (secondary N) is 2. The summed E-state index contributed by atoms with van der Waals surface area (Å²) in [6.45, 7) is 1.62. The fourth-order valence-corrected chi connectivity index (χ4v) is 3.53. The number of aromatic amines is 1. The summed E-state index contributed by atoms with van der Waals surface area (Å²) in [5.41, 5.74) is 2.09. The van der Waals surface area contributed by atoms with Crippen LogP contribution >= 0.6 is 34.8 Å². The molecule has 2 N–H and O–H groups in total. The summed E-state index contributed by atoms with van der Waals surface area (Å²) >= 11 is 18.0. The van der Waals surface area contributed by atoms with Crippen molar-refractivity contribution in [3.05, 3.63) is 39.7 Å². The van der Waals surface area contributed by atoms with E-state index >= 15 is 0 Å². The van der Waals surface area contributed by atoms with Crippen LogP contribution in [0.1, 0.15) is 12.8 Å². The average molecular weight is 398 g/mol. The molecule has 1 saturated heterocycles. The number of benzene rings is 1. The van der Waals surface area contributed by atoms with Gasteiger partial charge in [0.05, 0.1) is 11.7 Å². The summed E-state index contributed by atoms with van der Waals surface area (Å²) in [6, 6.07) is 6.43. The first kappa shape index (κ1) is 16.7. The number of hydrogen-bond acceptors (Lipinski definition) is 5. The highest BCUT2D eigenvalue weighted by Gasteiger charge is 2.23. The second-order valence-corrected chi connectivity index (χ2v) is 7.11. The van der Waals surface area contributed by atoms with Gasteiger partial charge in [0.1, 0.15) is 5.02 Å². The second kappa shape index (κ2) is 6.86. The van der Waals surface area contributed by atoms with Gasteiger partial charge in [0, 0.05) is 30.2 Å². The number of H-pyrrole nitrogens is 1. The van der Waals surface area contributed by atoms with Gasteiger partial charge in [0.2, 0.25) is 5.95 Å². The minimum absolute atomic E-state index is 0.178. The Morgan fingerprint density at radius 2 is 1.96 bits per heavy atom. The molecule has 1 unspecified atom stereocenters. The smallest absolute Gasteiger partial charge is 0.228 e. The van der Waals surface area contributed by atoms with Crippen LogP contribution in [0.15, 0.2) is 24.4 Å². The van der Waals surface area contributed by atoms with Crippen molar-refractivity contribution in [3.63, 3.8) is 0 Å². The molecule has 0 radical (unpaired) electrons. The minimum atomic E-state index is 0.178. The average Bonchev–Trinajstić information content (AvgIpc) is 3.07. The van der Waals surface area contributed by atoms with Crippen LogP contribution in [-0.2, 0) is 0 Å². The molecule has 0 bridgehead atoms. The van der Waals surface area contributed by atoms with Gasteiger partial charge in [0.15, 0.2) is 10.3 Å². The van der Waals surface area contributed by atoms with Gasteiger partial charge in [-0.1, -0.05) is 34.8 Å². The summed E-state index contributed by atoms with van der Waals surface area (Å²) in [7, 11) is 0. The lowest BCUT2D eigenvalue weighted by molar-refractivity contribution is 0.523. The van der Waals surface area contributed by atoms with Gasteiger partial charge < -0.3 is 10.2 Å². The normalized spacial score (nSPS) is 17.9. The Bertz CT molecular complexity index is 889. The molecule has 1 atom stereocenters. The lowest BCUT2D eigenvalue weighted by Crippen LogP contribution is -2.43. The minimum Gasteiger partial charge on any atom is -0.381 e. The van der Waals surface area contributed by atoms with E-state index in [1.165, 1.54) is 0 Å². The van der Waals surface area contributed by atoms with E-state index in [4.69, 9.17) is 34.8 Å². The molecule has 0 aliphatic carbocycles. The topological polar surface area (TPSA) is 69.7 Å². The Morgan fingerprint density at radius 3 is 2.76 bits per heavy atom. The molecular formula is C16H15Cl3N6. The van der Waals surface area contributed by atoms with Crippen LogP contribution in [0.4, 0.5) is 11.6 Å². The van der Waals surface area contributed by atoms with Crippen molar-refractivity contribution in [2.75, 3.05) is 23.3 Å². The number of fused-ring (bicyclic) bond motifs is 1. The molecule has 6 nitrogen and oxygen atoms in total. The van der Waals surface area contributed by atoms with Gasteiger partial charge in [-0.05, 0) is 31.0 Å². The monoisotopic (exact) mass is 396 g/mol. The molecule has 3 aromatic rings. The molecule has 3 heterocycles. The molecule has 4 rings (SSSR count). The zero-order valence-electron chi connectivity index (χ0n) is 13.1. The van der Waals surface area contributed by atoms with Crippen LogP contribution in [-0.4, -0.2) is 39.3 Å². The zero-order chi connectivity index (χ0) is 17.4. The highest BCUT2D eigenvalue weighted by atomic mass is 35.5. The highest BCUT2D eigenvalue weighted by Crippen LogP contribution is 2.30. The molecule has 9 heteroatoms. The van der Waals surface area contributed by atoms with Crippen molar-refractivity contribution in [2.45, 2.75) is 18.9 Å². The third-order valence-electron chi connectivity index (χ3n) is 4.27. The van der Waals surface area contributed by atoms with Crippen molar-refractivity contribution >= 4 is 57.3 Å². The van der Waals surface area contributed by atoms with Crippen molar-refractivity contribution in [1.82, 2.24) is 20.2 Å². The molecule has 1 fully saturated rings. The van der Waals surface area contributed by atoms with Gasteiger partial charge >= 0.3 is 0 Å². The maximum Gasteiger partial charge on any atom is 0.228 e. The van der Waals surface area contributed by atoms with E-state index in [0.717, 1.165) is 42.5 Å². The molecular weight excluding hydrogens is 383 g/mol. The first-order chi connectivity index (χ1) is 12.1. The molecule has 130 valence electrons. The first-order valence-electron chi connectivity index (χ1n) is 7.93. The second-order valence-electron chi connectivity index (χ2n) is 6.02. The molecule has 25 heavy (non-hydrogen) atoms. The SMILES string of the molecule is Clc1nc(N2CCCC(Nc3ccc4[nH]ncc4c3)C2)nc(Cl)c1Cl. The lowest BCUT2D eigenvalue weighted by Gasteiger charge is -2.33. The molecule has 0 spiro atoms. The van der Waals surface area contributed by atoms with Gasteiger partial charge in [-0.25, -0.2) is 0 Å². The Kier molecular flexibility index (Phi) is 4.58. The number of hydrogen-bond donors (Lipinski definition) is 2. The Hall–Kier alpha value is -1.76. The fraction of sp³-hybridized carbons (Fsp3) is 0.312. The predicted molar refractivity (Wildman–Crippen MR) is 102 cm³/mol. The maximum absolute atomic E-state index is 6.03. The summed E-state index contributed by atoms with van der Waals surface area (Å²) in [5.74, 6) is 0.510. The van der Waals surface area contributed by atoms with E-state index in [1.54, 1.807) is 0 Å². The molecule has 2 aromatic heterocycles. The number of nitrogens with zero attached hydrogens (tertiary/aromatic N) is 4. The maximum atomic E-state index is 6.03. The highest BCUT2D eigenvalue weighted by molar-refractivity contribution is 6.46. The standard InChI is InChI=1S/C16H15Cl3N6/c17-13-14(18)22-16(23-15(13)19)25-5-1-2-11(8-25)21-10-3-4-12-9(6-10)7-20-24-12/h3-4,6-7,11,21H,1-2,5,8H2,(H,20,24). The number of halogens is 3. The quantitative estimate of drug-likeness (QED) is 0.641. The summed E-state index contributed by atoms with van der Waals surface area (Å²) in [4.78, 5) is 10.6. The van der Waals surface area contributed by atoms with Crippen LogP contribution in [0, 0.1) is 0 Å². The summed E-state index contributed by atoms with van der Waals surface area (Å²) in [5, 5.41) is 12.2. The predicted octanol–water partition coefficient (Wildman–Crippen LogP) is 4.39. The number of rotatable bonds is 3. The van der Waals surface area contributed by atoms with Crippen molar-refractivity contribution < 1.29 is 0 Å². The van der Waals surface area contributed by atoms with Crippen LogP contribution in [0.3, 0.4) is 0 Å². The fourth-order valence-electron chi connectivity index (χ4n) is 3.07. The third-order valence-corrected chi connectivity index (χ3v) is 5.37.